The molecule has 21 heavy (non-hydrogen) atoms. The van der Waals surface area contributed by atoms with E-state index in [1.165, 1.54) is 12.1 Å². The van der Waals surface area contributed by atoms with Crippen molar-refractivity contribution in [1.29, 1.82) is 0 Å². The van der Waals surface area contributed by atoms with Gasteiger partial charge in [0.05, 0.1) is 5.69 Å². The first-order valence-corrected chi connectivity index (χ1v) is 7.72. The number of rotatable bonds is 3. The Balaban J connectivity index is 0.000000211. The lowest BCUT2D eigenvalue weighted by Gasteiger charge is -2.07. The fraction of sp³-hybridized carbons (Fsp3) is 0.143. The number of nitrogens with one attached hydrogen (secondary N) is 1. The normalized spacial score (nSPS) is 12.0. The van der Waals surface area contributed by atoms with Crippen LogP contribution in [0.5, 0.6) is 0 Å². The molecule has 1 atom stereocenters. The van der Waals surface area contributed by atoms with Crippen molar-refractivity contribution in [3.63, 3.8) is 0 Å². The smallest absolute Gasteiger partial charge is 0.240 e. The number of primary sulfonamides is 1. The van der Waals surface area contributed by atoms with Crippen molar-refractivity contribution in [3.8, 4) is 0 Å². The van der Waals surface area contributed by atoms with Crippen molar-refractivity contribution < 1.29 is 13.5 Å². The van der Waals surface area contributed by atoms with Crippen molar-refractivity contribution in [2.24, 2.45) is 5.14 Å². The molecule has 114 valence electrons. The molecule has 1 unspecified atom stereocenters. The Hall–Kier alpha value is -2.09. The first-order valence-electron chi connectivity index (χ1n) is 6.17. The molecule has 0 radical (unpaired) electrons. The molecule has 0 saturated carbocycles. The van der Waals surface area contributed by atoms with Crippen LogP contribution in [0.2, 0.25) is 0 Å². The molecular formula is C14H19N3O3S. The average Bonchev–Trinajstić information content (AvgIpc) is 2.39. The fourth-order valence-corrected chi connectivity index (χ4v) is 2.18. The van der Waals surface area contributed by atoms with Gasteiger partial charge < -0.3 is 16.2 Å². The van der Waals surface area contributed by atoms with Crippen LogP contribution in [0.1, 0.15) is 6.92 Å². The number of anilines is 2. The summed E-state index contributed by atoms with van der Waals surface area (Å²) in [6.07, 6.45) is -0.484. The summed E-state index contributed by atoms with van der Waals surface area (Å²) in [6.45, 7) is 1.69. The molecule has 2 aromatic carbocycles. The van der Waals surface area contributed by atoms with Gasteiger partial charge in [-0.15, -0.1) is 0 Å². The van der Waals surface area contributed by atoms with E-state index in [9.17, 15) is 8.42 Å². The molecule has 0 fully saturated rings. The van der Waals surface area contributed by atoms with E-state index in [2.05, 4.69) is 5.32 Å². The summed E-state index contributed by atoms with van der Waals surface area (Å²) in [5.74, 6) is 0. The van der Waals surface area contributed by atoms with Gasteiger partial charge in [-0.3, -0.25) is 0 Å². The van der Waals surface area contributed by atoms with E-state index in [0.29, 0.717) is 0 Å². The van der Waals surface area contributed by atoms with Gasteiger partial charge >= 0.3 is 0 Å². The molecule has 6 nitrogen and oxygen atoms in total. The number of nitrogens with two attached hydrogens (primary N) is 2. The second kappa shape index (κ2) is 7.63. The molecule has 2 aromatic rings. The largest absolute Gasteiger partial charge is 0.398 e. The second-order valence-corrected chi connectivity index (χ2v) is 5.80. The first-order chi connectivity index (χ1) is 9.80. The highest BCUT2D eigenvalue weighted by molar-refractivity contribution is 7.89. The summed E-state index contributed by atoms with van der Waals surface area (Å²) < 4.78 is 21.5. The number of benzene rings is 2. The Morgan fingerprint density at radius 3 is 2.00 bits per heavy atom. The standard InChI is InChI=1S/C8H11NO.C6H8N2O2S/c1-7(10)9-8-5-3-2-4-6-8;7-5-3-1-2-4-6(5)11(8,9)10/h2-7,9-10H,1H3;1-4H,7H2,(H2,8,9,10). The summed E-state index contributed by atoms with van der Waals surface area (Å²) in [7, 11) is -3.66. The van der Waals surface area contributed by atoms with Crippen molar-refractivity contribution in [2.45, 2.75) is 18.0 Å². The van der Waals surface area contributed by atoms with Crippen LogP contribution in [0.3, 0.4) is 0 Å². The molecule has 0 saturated heterocycles. The van der Waals surface area contributed by atoms with Gasteiger partial charge in [0, 0.05) is 5.69 Å². The van der Waals surface area contributed by atoms with Crippen LogP contribution in [-0.2, 0) is 10.0 Å². The zero-order valence-electron chi connectivity index (χ0n) is 11.6. The molecule has 0 aromatic heterocycles. The predicted octanol–water partition coefficient (Wildman–Crippen LogP) is 1.35. The summed E-state index contributed by atoms with van der Waals surface area (Å²) in [5, 5.41) is 16.6. The van der Waals surface area contributed by atoms with Crippen LogP contribution in [0, 0.1) is 0 Å². The zero-order valence-corrected chi connectivity index (χ0v) is 12.4. The zero-order chi connectivity index (χ0) is 15.9. The molecule has 0 bridgehead atoms. The number of para-hydroxylation sites is 2. The van der Waals surface area contributed by atoms with E-state index in [1.54, 1.807) is 19.1 Å². The van der Waals surface area contributed by atoms with Crippen LogP contribution in [0.4, 0.5) is 11.4 Å². The average molecular weight is 309 g/mol. The Morgan fingerprint density at radius 2 is 1.57 bits per heavy atom. The minimum absolute atomic E-state index is 0.0278. The topological polar surface area (TPSA) is 118 Å². The van der Waals surface area contributed by atoms with Crippen molar-refractivity contribution >= 4 is 21.4 Å². The highest BCUT2D eigenvalue weighted by atomic mass is 32.2. The minimum Gasteiger partial charge on any atom is -0.398 e. The molecule has 0 aliphatic rings. The predicted molar refractivity (Wildman–Crippen MR) is 84.0 cm³/mol. The molecular weight excluding hydrogens is 290 g/mol. The van der Waals surface area contributed by atoms with Gasteiger partial charge in [-0.2, -0.15) is 0 Å². The molecule has 0 aliphatic carbocycles. The summed E-state index contributed by atoms with van der Waals surface area (Å²) in [4.78, 5) is -0.0278. The molecule has 6 N–H and O–H groups in total. The van der Waals surface area contributed by atoms with Crippen molar-refractivity contribution in [2.75, 3.05) is 11.1 Å². The fourth-order valence-electron chi connectivity index (χ4n) is 1.52. The third-order valence-electron chi connectivity index (χ3n) is 2.37. The monoisotopic (exact) mass is 309 g/mol. The highest BCUT2D eigenvalue weighted by Crippen LogP contribution is 2.14. The van der Waals surface area contributed by atoms with E-state index >= 15 is 0 Å². The quantitative estimate of drug-likeness (QED) is 0.504. The molecule has 0 aliphatic heterocycles. The Bertz CT molecular complexity index is 658. The first kappa shape index (κ1) is 17.0. The van der Waals surface area contributed by atoms with E-state index in [-0.39, 0.29) is 10.6 Å². The number of nitrogen functional groups attached to an aromatic ring is 1. The van der Waals surface area contributed by atoms with Crippen LogP contribution in [0.25, 0.3) is 0 Å². The number of aliphatic hydroxyl groups excluding tert-OH is 1. The maximum absolute atomic E-state index is 10.8. The van der Waals surface area contributed by atoms with E-state index in [4.69, 9.17) is 16.0 Å². The van der Waals surface area contributed by atoms with Gasteiger partial charge in [0.1, 0.15) is 11.1 Å². The maximum atomic E-state index is 10.8. The number of aliphatic hydroxyl groups is 1. The van der Waals surface area contributed by atoms with Gasteiger partial charge in [-0.1, -0.05) is 30.3 Å². The summed E-state index contributed by atoms with van der Waals surface area (Å²) in [5.41, 5.74) is 6.47. The van der Waals surface area contributed by atoms with Crippen LogP contribution < -0.4 is 16.2 Å². The van der Waals surface area contributed by atoms with Crippen LogP contribution in [-0.4, -0.2) is 19.8 Å². The lowest BCUT2D eigenvalue weighted by atomic mass is 10.3. The Kier molecular flexibility index (Phi) is 6.16. The van der Waals surface area contributed by atoms with Crippen LogP contribution >= 0.6 is 0 Å². The summed E-state index contributed by atoms with van der Waals surface area (Å²) >= 11 is 0. The third-order valence-corrected chi connectivity index (χ3v) is 3.36. The van der Waals surface area contributed by atoms with E-state index < -0.39 is 16.3 Å². The van der Waals surface area contributed by atoms with E-state index in [0.717, 1.165) is 5.69 Å². The number of hydrogen-bond donors (Lipinski definition) is 4. The Labute approximate surface area is 124 Å². The Morgan fingerprint density at radius 1 is 1.05 bits per heavy atom. The molecule has 0 heterocycles. The van der Waals surface area contributed by atoms with Crippen LogP contribution in [0.15, 0.2) is 59.5 Å². The maximum Gasteiger partial charge on any atom is 0.240 e. The second-order valence-electron chi connectivity index (χ2n) is 4.27. The summed E-state index contributed by atoms with van der Waals surface area (Å²) in [6, 6.07) is 15.7. The van der Waals surface area contributed by atoms with Gasteiger partial charge in [-0.25, -0.2) is 13.6 Å². The van der Waals surface area contributed by atoms with Gasteiger partial charge in [0.2, 0.25) is 10.0 Å². The lowest BCUT2D eigenvalue weighted by molar-refractivity contribution is 0.224. The SMILES string of the molecule is CC(O)Nc1ccccc1.Nc1ccccc1S(N)(=O)=O. The van der Waals surface area contributed by atoms with Gasteiger partial charge in [-0.05, 0) is 31.2 Å². The molecule has 7 heteroatoms. The van der Waals surface area contributed by atoms with Crippen molar-refractivity contribution in [3.05, 3.63) is 54.6 Å². The lowest BCUT2D eigenvalue weighted by Crippen LogP contribution is -2.13. The number of hydrogen-bond acceptors (Lipinski definition) is 5. The minimum atomic E-state index is -3.66. The molecule has 0 amide bonds. The van der Waals surface area contributed by atoms with Gasteiger partial charge in [0.25, 0.3) is 0 Å². The third kappa shape index (κ3) is 6.26. The molecule has 2 rings (SSSR count). The number of sulfonamides is 1. The van der Waals surface area contributed by atoms with Crippen molar-refractivity contribution in [1.82, 2.24) is 0 Å². The van der Waals surface area contributed by atoms with E-state index in [1.807, 2.05) is 30.3 Å². The molecule has 0 spiro atoms. The van der Waals surface area contributed by atoms with Gasteiger partial charge in [0.15, 0.2) is 0 Å². The highest BCUT2D eigenvalue weighted by Gasteiger charge is 2.09.